The summed E-state index contributed by atoms with van der Waals surface area (Å²) in [5, 5.41) is 2.85. The third-order valence-electron chi connectivity index (χ3n) is 6.84. The highest BCUT2D eigenvalue weighted by atomic mass is 19.4. The summed E-state index contributed by atoms with van der Waals surface area (Å²) in [6.45, 7) is 1.73. The molecule has 7 heteroatoms. The maximum Gasteiger partial charge on any atom is 0.416 e. The Morgan fingerprint density at radius 3 is 2.54 bits per heavy atom. The number of nitrogens with zero attached hydrogens (tertiary/aromatic N) is 2. The number of alkyl halides is 3. The minimum absolute atomic E-state index is 0.0618. The van der Waals surface area contributed by atoms with Gasteiger partial charge in [-0.05, 0) is 103 Å². The van der Waals surface area contributed by atoms with E-state index in [0.717, 1.165) is 30.9 Å². The molecule has 0 fully saturated rings. The van der Waals surface area contributed by atoms with Crippen LogP contribution in [0, 0.1) is 0 Å². The van der Waals surface area contributed by atoms with Gasteiger partial charge in [0.2, 0.25) is 0 Å². The van der Waals surface area contributed by atoms with Crippen LogP contribution in [-0.2, 0) is 25.4 Å². The molecule has 0 aliphatic heterocycles. The molecule has 1 aliphatic carbocycles. The summed E-state index contributed by atoms with van der Waals surface area (Å²) >= 11 is 0. The van der Waals surface area contributed by atoms with Crippen molar-refractivity contribution in [2.45, 2.75) is 44.7 Å². The number of halogens is 3. The van der Waals surface area contributed by atoms with Crippen molar-refractivity contribution >= 4 is 11.6 Å². The summed E-state index contributed by atoms with van der Waals surface area (Å²) in [5.74, 6) is -0.992. The smallest absolute Gasteiger partial charge is 0.322 e. The van der Waals surface area contributed by atoms with Gasteiger partial charge >= 0.3 is 6.18 Å². The molecular weight excluding hydrogens is 475 g/mol. The van der Waals surface area contributed by atoms with E-state index in [2.05, 4.69) is 15.3 Å². The number of aryl methyl sites for hydroxylation is 2. The third-order valence-corrected chi connectivity index (χ3v) is 6.84. The normalized spacial score (nSPS) is 13.7. The molecule has 0 bridgehead atoms. The van der Waals surface area contributed by atoms with Gasteiger partial charge in [-0.3, -0.25) is 14.8 Å². The van der Waals surface area contributed by atoms with E-state index in [0.29, 0.717) is 17.1 Å². The van der Waals surface area contributed by atoms with E-state index in [4.69, 9.17) is 0 Å². The number of pyridine rings is 2. The van der Waals surface area contributed by atoms with Crippen molar-refractivity contribution in [2.75, 3.05) is 5.32 Å². The SMILES string of the molecule is C[C@H](Cc1ncccc1-c1ccccn1)c1cc(C(=O)Nc2ccc3c(c2)CCC3)ccc1C(F)(F)F. The number of hydrogen-bond acceptors (Lipinski definition) is 3. The highest BCUT2D eigenvalue weighted by Crippen LogP contribution is 2.37. The summed E-state index contributed by atoms with van der Waals surface area (Å²) < 4.78 is 41.9. The lowest BCUT2D eigenvalue weighted by Gasteiger charge is -2.20. The van der Waals surface area contributed by atoms with Crippen LogP contribution in [0.3, 0.4) is 0 Å². The van der Waals surface area contributed by atoms with Crippen LogP contribution in [0.1, 0.15) is 57.6 Å². The molecule has 5 rings (SSSR count). The van der Waals surface area contributed by atoms with E-state index in [1.807, 2.05) is 36.4 Å². The number of benzene rings is 2. The molecule has 1 aliphatic rings. The Morgan fingerprint density at radius 2 is 1.76 bits per heavy atom. The number of fused-ring (bicyclic) bond motifs is 1. The van der Waals surface area contributed by atoms with E-state index < -0.39 is 23.6 Å². The highest BCUT2D eigenvalue weighted by Gasteiger charge is 2.35. The zero-order valence-corrected chi connectivity index (χ0v) is 20.3. The number of rotatable bonds is 6. The first-order valence-electron chi connectivity index (χ1n) is 12.3. The molecule has 1 amide bonds. The van der Waals surface area contributed by atoms with Gasteiger partial charge in [0.05, 0.1) is 17.0 Å². The van der Waals surface area contributed by atoms with E-state index >= 15 is 0 Å². The number of nitrogens with one attached hydrogen (secondary N) is 1. The number of amides is 1. The van der Waals surface area contributed by atoms with Crippen LogP contribution >= 0.6 is 0 Å². The molecule has 2 aromatic carbocycles. The third kappa shape index (κ3) is 5.40. The zero-order chi connectivity index (χ0) is 26.0. The Balaban J connectivity index is 1.44. The van der Waals surface area contributed by atoms with Gasteiger partial charge in [-0.25, -0.2) is 0 Å². The Kier molecular flexibility index (Phi) is 6.78. The van der Waals surface area contributed by atoms with Crippen molar-refractivity contribution in [3.05, 3.63) is 113 Å². The van der Waals surface area contributed by atoms with Gasteiger partial charge in [-0.15, -0.1) is 0 Å². The summed E-state index contributed by atoms with van der Waals surface area (Å²) in [5.41, 5.74) is 4.76. The average molecular weight is 502 g/mol. The molecule has 0 spiro atoms. The Hall–Kier alpha value is -4.00. The molecule has 4 aromatic rings. The molecule has 1 N–H and O–H groups in total. The van der Waals surface area contributed by atoms with E-state index in [1.54, 1.807) is 31.5 Å². The van der Waals surface area contributed by atoms with Gasteiger partial charge in [0.15, 0.2) is 0 Å². The van der Waals surface area contributed by atoms with Gasteiger partial charge < -0.3 is 5.32 Å². The second kappa shape index (κ2) is 10.2. The molecule has 4 nitrogen and oxygen atoms in total. The molecule has 1 atom stereocenters. The van der Waals surface area contributed by atoms with Crippen LogP contribution in [-0.4, -0.2) is 15.9 Å². The van der Waals surface area contributed by atoms with Crippen molar-refractivity contribution in [3.8, 4) is 11.3 Å². The zero-order valence-electron chi connectivity index (χ0n) is 20.3. The fourth-order valence-corrected chi connectivity index (χ4v) is 4.98. The summed E-state index contributed by atoms with van der Waals surface area (Å²) in [7, 11) is 0. The van der Waals surface area contributed by atoms with Crippen LogP contribution in [0.15, 0.2) is 79.1 Å². The molecule has 2 heterocycles. The van der Waals surface area contributed by atoms with Crippen molar-refractivity contribution < 1.29 is 18.0 Å². The van der Waals surface area contributed by atoms with Crippen molar-refractivity contribution in [1.82, 2.24) is 9.97 Å². The lowest BCUT2D eigenvalue weighted by molar-refractivity contribution is -0.138. The average Bonchev–Trinajstić information content (AvgIpc) is 3.36. The van der Waals surface area contributed by atoms with Crippen molar-refractivity contribution in [3.63, 3.8) is 0 Å². The topological polar surface area (TPSA) is 54.9 Å². The lowest BCUT2D eigenvalue weighted by atomic mass is 9.88. The molecule has 188 valence electrons. The van der Waals surface area contributed by atoms with Gasteiger partial charge in [0.25, 0.3) is 5.91 Å². The quantitative estimate of drug-likeness (QED) is 0.303. The molecule has 0 saturated heterocycles. The van der Waals surface area contributed by atoms with Gasteiger partial charge in [0.1, 0.15) is 0 Å². The Morgan fingerprint density at radius 1 is 0.946 bits per heavy atom. The van der Waals surface area contributed by atoms with E-state index in [9.17, 15) is 18.0 Å². The Labute approximate surface area is 213 Å². The van der Waals surface area contributed by atoms with Crippen LogP contribution in [0.4, 0.5) is 18.9 Å². The maximum atomic E-state index is 14.0. The van der Waals surface area contributed by atoms with Crippen molar-refractivity contribution in [1.29, 1.82) is 0 Å². The standard InChI is InChI=1S/C30H26F3N3O/c1-19(16-28-24(8-5-15-35-28)27-9-2-3-14-34-27)25-18-22(11-13-26(25)30(31,32)33)29(37)36-23-12-10-20-6-4-7-21(20)17-23/h2-3,5,8-15,17-19H,4,6-7,16H2,1H3,(H,36,37)/t19-/m1/s1. The summed E-state index contributed by atoms with van der Waals surface area (Å²) in [6, 6.07) is 18.5. The lowest BCUT2D eigenvalue weighted by Crippen LogP contribution is -2.17. The number of hydrogen-bond donors (Lipinski definition) is 1. The largest absolute Gasteiger partial charge is 0.416 e. The van der Waals surface area contributed by atoms with Gasteiger partial charge in [-0.1, -0.05) is 19.1 Å². The molecular formula is C30H26F3N3O. The second-order valence-electron chi connectivity index (χ2n) is 9.41. The fourth-order valence-electron chi connectivity index (χ4n) is 4.98. The minimum Gasteiger partial charge on any atom is -0.322 e. The maximum absolute atomic E-state index is 14.0. The Bertz CT molecular complexity index is 1430. The van der Waals surface area contributed by atoms with Crippen LogP contribution in [0.2, 0.25) is 0 Å². The first kappa shape index (κ1) is 24.7. The minimum atomic E-state index is -4.55. The number of anilines is 1. The second-order valence-corrected chi connectivity index (χ2v) is 9.41. The predicted molar refractivity (Wildman–Crippen MR) is 137 cm³/mol. The monoisotopic (exact) mass is 501 g/mol. The fraction of sp³-hybridized carbons (Fsp3) is 0.233. The molecule has 0 unspecified atom stereocenters. The van der Waals surface area contributed by atoms with Crippen LogP contribution < -0.4 is 5.32 Å². The first-order valence-corrected chi connectivity index (χ1v) is 12.3. The van der Waals surface area contributed by atoms with E-state index in [1.165, 1.54) is 23.3 Å². The van der Waals surface area contributed by atoms with Crippen LogP contribution in [0.5, 0.6) is 0 Å². The van der Waals surface area contributed by atoms with Gasteiger partial charge in [-0.2, -0.15) is 13.2 Å². The highest BCUT2D eigenvalue weighted by molar-refractivity contribution is 6.04. The molecule has 0 saturated carbocycles. The van der Waals surface area contributed by atoms with Gasteiger partial charge in [0, 0.05) is 29.2 Å². The number of aromatic nitrogens is 2. The van der Waals surface area contributed by atoms with Crippen LogP contribution in [0.25, 0.3) is 11.3 Å². The van der Waals surface area contributed by atoms with E-state index in [-0.39, 0.29) is 17.5 Å². The predicted octanol–water partition coefficient (Wildman–Crippen LogP) is 7.25. The first-order chi connectivity index (χ1) is 17.8. The molecule has 0 radical (unpaired) electrons. The summed E-state index contributed by atoms with van der Waals surface area (Å²) in [4.78, 5) is 21.9. The van der Waals surface area contributed by atoms with Crippen molar-refractivity contribution in [2.24, 2.45) is 0 Å². The number of carbonyl (C=O) groups is 1. The summed E-state index contributed by atoms with van der Waals surface area (Å²) in [6.07, 6.45) is 2.08. The molecule has 2 aromatic heterocycles. The molecule has 37 heavy (non-hydrogen) atoms. The number of carbonyl (C=O) groups excluding carboxylic acids is 1.